The maximum absolute atomic E-state index is 13.1. The number of hydrogen-bond donors (Lipinski definition) is 4. The molecule has 0 heterocycles. The van der Waals surface area contributed by atoms with Gasteiger partial charge in [-0.25, -0.2) is 9.80 Å². The number of nitrogens with zero attached hydrogens (tertiary/aromatic N) is 1. The van der Waals surface area contributed by atoms with E-state index in [2.05, 4.69) is 37.3 Å². The Morgan fingerprint density at radius 1 is 0.844 bits per heavy atom. The molecule has 1 atom stereocenters. The van der Waals surface area contributed by atoms with Gasteiger partial charge in [0.25, 0.3) is 5.91 Å². The lowest BCUT2D eigenvalue weighted by Crippen LogP contribution is -2.39. The van der Waals surface area contributed by atoms with Crippen LogP contribution in [-0.2, 0) is 4.79 Å². The Hall–Kier alpha value is -3.07. The van der Waals surface area contributed by atoms with Gasteiger partial charge in [0, 0.05) is 40.7 Å². The van der Waals surface area contributed by atoms with Crippen LogP contribution in [0, 0.1) is 0 Å². The number of halogens is 2. The van der Waals surface area contributed by atoms with E-state index in [4.69, 9.17) is 11.6 Å². The minimum Gasteiger partial charge on any atom is -0.324 e. The van der Waals surface area contributed by atoms with Crippen molar-refractivity contribution in [2.75, 3.05) is 30.2 Å². The molecule has 0 saturated carbocycles. The van der Waals surface area contributed by atoms with Gasteiger partial charge < -0.3 is 21.4 Å². The topological polar surface area (TPSA) is 85.5 Å². The molecule has 0 bridgehead atoms. The lowest BCUT2D eigenvalue weighted by atomic mass is 10.1. The summed E-state index contributed by atoms with van der Waals surface area (Å²) in [4.78, 5) is 25.8. The number of nitrogens with one attached hydrogen (secondary N) is 4. The van der Waals surface area contributed by atoms with E-state index in [0.717, 1.165) is 5.69 Å². The van der Waals surface area contributed by atoms with Gasteiger partial charge in [-0.3, -0.25) is 4.79 Å². The summed E-state index contributed by atoms with van der Waals surface area (Å²) in [6.07, 6.45) is 0. The highest BCUT2D eigenvalue weighted by molar-refractivity contribution is 9.10. The summed E-state index contributed by atoms with van der Waals surface area (Å²) in [6, 6.07) is 19.8. The molecule has 32 heavy (non-hydrogen) atoms. The van der Waals surface area contributed by atoms with Crippen LogP contribution in [0.5, 0.6) is 0 Å². The number of amides is 3. The van der Waals surface area contributed by atoms with Crippen LogP contribution in [0.3, 0.4) is 0 Å². The second kappa shape index (κ2) is 11.0. The molecule has 0 aliphatic carbocycles. The number of rotatable bonds is 7. The zero-order valence-electron chi connectivity index (χ0n) is 17.5. The predicted octanol–water partition coefficient (Wildman–Crippen LogP) is 5.49. The van der Waals surface area contributed by atoms with E-state index in [-0.39, 0.29) is 5.91 Å². The van der Waals surface area contributed by atoms with Gasteiger partial charge in [-0.15, -0.1) is 0 Å². The summed E-state index contributed by atoms with van der Waals surface area (Å²) in [5, 5.41) is 10.7. The van der Waals surface area contributed by atoms with Gasteiger partial charge in [0.15, 0.2) is 0 Å². The highest BCUT2D eigenvalue weighted by Gasteiger charge is 2.25. The van der Waals surface area contributed by atoms with Gasteiger partial charge in [0.2, 0.25) is 0 Å². The van der Waals surface area contributed by atoms with Crippen molar-refractivity contribution in [2.24, 2.45) is 0 Å². The lowest BCUT2D eigenvalue weighted by molar-refractivity contribution is -0.118. The van der Waals surface area contributed by atoms with Crippen LogP contribution in [0.1, 0.15) is 11.6 Å². The van der Waals surface area contributed by atoms with E-state index in [1.54, 1.807) is 48.5 Å². The first-order chi connectivity index (χ1) is 15.3. The summed E-state index contributed by atoms with van der Waals surface area (Å²) < 4.78 is 0.706. The summed E-state index contributed by atoms with van der Waals surface area (Å²) in [7, 11) is 3.78. The lowest BCUT2D eigenvalue weighted by Gasteiger charge is -2.21. The Balaban J connectivity index is 1.76. The molecule has 3 rings (SSSR count). The normalized spacial score (nSPS) is 11.5. The van der Waals surface area contributed by atoms with Crippen molar-refractivity contribution in [3.63, 3.8) is 0 Å². The second-order valence-corrected chi connectivity index (χ2v) is 8.42. The molecule has 1 unspecified atom stereocenters. The van der Waals surface area contributed by atoms with E-state index >= 15 is 0 Å². The van der Waals surface area contributed by atoms with E-state index in [9.17, 15) is 9.59 Å². The average Bonchev–Trinajstić information content (AvgIpc) is 2.75. The molecule has 0 spiro atoms. The molecule has 0 radical (unpaired) electrons. The van der Waals surface area contributed by atoms with Gasteiger partial charge in [-0.2, -0.15) is 0 Å². The largest absolute Gasteiger partial charge is 0.324 e. The fourth-order valence-corrected chi connectivity index (χ4v) is 3.57. The molecule has 7 nitrogen and oxygen atoms in total. The van der Waals surface area contributed by atoms with Crippen LogP contribution in [0.15, 0.2) is 77.3 Å². The standard InChI is InChI=1S/C23H23BrClN5O2/c1-30(2)29-18-13-11-16(12-14-18)26-22(31)21(19-5-3-4-6-20(19)24)28-23(32)27-17-9-7-15(25)8-10-17/h3-14,21,29H,1-2H3,(H,26,31)(H2,27,28,32). The van der Waals surface area contributed by atoms with Gasteiger partial charge in [-0.1, -0.05) is 45.7 Å². The third-order valence-electron chi connectivity index (χ3n) is 4.36. The van der Waals surface area contributed by atoms with Crippen LogP contribution in [-0.4, -0.2) is 31.0 Å². The molecule has 3 aromatic carbocycles. The number of carbonyl (C=O) groups excluding carboxylic acids is 2. The van der Waals surface area contributed by atoms with Crippen molar-refractivity contribution < 1.29 is 9.59 Å². The molecule has 0 fully saturated rings. The molecular weight excluding hydrogens is 494 g/mol. The van der Waals surface area contributed by atoms with E-state index in [1.807, 2.05) is 43.4 Å². The fourth-order valence-electron chi connectivity index (χ4n) is 2.93. The number of urea groups is 1. The summed E-state index contributed by atoms with van der Waals surface area (Å²) in [5.74, 6) is -0.378. The van der Waals surface area contributed by atoms with Crippen molar-refractivity contribution in [2.45, 2.75) is 6.04 Å². The average molecular weight is 517 g/mol. The summed E-state index contributed by atoms with van der Waals surface area (Å²) in [5.41, 5.74) is 5.81. The van der Waals surface area contributed by atoms with Gasteiger partial charge in [0.1, 0.15) is 6.04 Å². The van der Waals surface area contributed by atoms with Crippen molar-refractivity contribution in [3.8, 4) is 0 Å². The monoisotopic (exact) mass is 515 g/mol. The minimum absolute atomic E-state index is 0.378. The van der Waals surface area contributed by atoms with Crippen molar-refractivity contribution in [3.05, 3.63) is 87.9 Å². The highest BCUT2D eigenvalue weighted by Crippen LogP contribution is 2.25. The van der Waals surface area contributed by atoms with Crippen LogP contribution in [0.4, 0.5) is 21.9 Å². The highest BCUT2D eigenvalue weighted by atomic mass is 79.9. The van der Waals surface area contributed by atoms with Crippen molar-refractivity contribution >= 4 is 56.5 Å². The van der Waals surface area contributed by atoms with Crippen LogP contribution in [0.2, 0.25) is 5.02 Å². The Bertz CT molecular complexity index is 1070. The Kier molecular flexibility index (Phi) is 8.10. The first kappa shape index (κ1) is 23.6. The number of carbonyl (C=O) groups is 2. The van der Waals surface area contributed by atoms with Crippen LogP contribution >= 0.6 is 27.5 Å². The Morgan fingerprint density at radius 3 is 2.03 bits per heavy atom. The van der Waals surface area contributed by atoms with Gasteiger partial charge in [-0.05, 0) is 60.2 Å². The molecule has 166 valence electrons. The Labute approximate surface area is 200 Å². The zero-order chi connectivity index (χ0) is 23.1. The minimum atomic E-state index is -0.933. The van der Waals surface area contributed by atoms with Crippen LogP contribution in [0.25, 0.3) is 0 Å². The van der Waals surface area contributed by atoms with Crippen LogP contribution < -0.4 is 21.4 Å². The molecule has 9 heteroatoms. The zero-order valence-corrected chi connectivity index (χ0v) is 19.9. The van der Waals surface area contributed by atoms with Gasteiger partial charge in [0.05, 0.1) is 0 Å². The third kappa shape index (κ3) is 6.71. The molecule has 3 amide bonds. The molecular formula is C23H23BrClN5O2. The summed E-state index contributed by atoms with van der Waals surface area (Å²) in [6.45, 7) is 0. The van der Waals surface area contributed by atoms with E-state index in [1.165, 1.54) is 0 Å². The molecule has 0 saturated heterocycles. The fraction of sp³-hybridized carbons (Fsp3) is 0.130. The number of anilines is 3. The smallest absolute Gasteiger partial charge is 0.320 e. The van der Waals surface area contributed by atoms with E-state index in [0.29, 0.717) is 26.4 Å². The molecule has 4 N–H and O–H groups in total. The SMILES string of the molecule is CN(C)Nc1ccc(NC(=O)C(NC(=O)Nc2ccc(Cl)cc2)c2ccccc2Br)cc1. The molecule has 3 aromatic rings. The second-order valence-electron chi connectivity index (χ2n) is 7.13. The maximum atomic E-state index is 13.1. The number of hydrogen-bond acceptors (Lipinski definition) is 4. The van der Waals surface area contributed by atoms with Crippen molar-refractivity contribution in [1.82, 2.24) is 10.3 Å². The number of benzene rings is 3. The van der Waals surface area contributed by atoms with E-state index < -0.39 is 12.1 Å². The van der Waals surface area contributed by atoms with Gasteiger partial charge >= 0.3 is 6.03 Å². The molecule has 0 aliphatic heterocycles. The molecule has 0 aromatic heterocycles. The number of hydrazine groups is 1. The predicted molar refractivity (Wildman–Crippen MR) is 133 cm³/mol. The quantitative estimate of drug-likeness (QED) is 0.313. The third-order valence-corrected chi connectivity index (χ3v) is 5.34. The molecule has 0 aliphatic rings. The first-order valence-electron chi connectivity index (χ1n) is 9.74. The summed E-state index contributed by atoms with van der Waals surface area (Å²) >= 11 is 9.36. The Morgan fingerprint density at radius 2 is 1.41 bits per heavy atom. The first-order valence-corrected chi connectivity index (χ1v) is 10.9. The van der Waals surface area contributed by atoms with Crippen molar-refractivity contribution in [1.29, 1.82) is 0 Å². The maximum Gasteiger partial charge on any atom is 0.320 e.